The first kappa shape index (κ1) is 21.2. The summed E-state index contributed by atoms with van der Waals surface area (Å²) in [4.78, 5) is 14.3. The van der Waals surface area contributed by atoms with E-state index in [4.69, 9.17) is 9.47 Å². The molecule has 0 fully saturated rings. The van der Waals surface area contributed by atoms with Gasteiger partial charge in [0.05, 0.1) is 24.0 Å². The Balaban J connectivity index is 1.99. The highest BCUT2D eigenvalue weighted by molar-refractivity contribution is 7.89. The van der Waals surface area contributed by atoms with E-state index in [1.165, 1.54) is 32.5 Å². The number of aromatic nitrogens is 1. The smallest absolute Gasteiger partial charge is 0.270 e. The zero-order chi connectivity index (χ0) is 21.7. The number of hydrogen-bond donors (Lipinski definition) is 1. The molecule has 0 bridgehead atoms. The molecule has 0 aliphatic heterocycles. The lowest BCUT2D eigenvalue weighted by atomic mass is 10.1. The molecule has 0 saturated heterocycles. The lowest BCUT2D eigenvalue weighted by Crippen LogP contribution is -2.24. The summed E-state index contributed by atoms with van der Waals surface area (Å²) in [5.41, 5.74) is 1.08. The molecule has 0 saturated carbocycles. The van der Waals surface area contributed by atoms with Crippen molar-refractivity contribution >= 4 is 15.7 Å². The van der Waals surface area contributed by atoms with Gasteiger partial charge in [-0.05, 0) is 18.2 Å². The summed E-state index contributed by atoms with van der Waals surface area (Å²) >= 11 is 0. The van der Waals surface area contributed by atoms with E-state index in [2.05, 4.69) is 9.71 Å². The van der Waals surface area contributed by atoms with Crippen LogP contribution in [0, 0.1) is 10.1 Å². The number of nitro groups is 1. The predicted molar refractivity (Wildman–Crippen MR) is 110 cm³/mol. The van der Waals surface area contributed by atoms with Crippen LogP contribution >= 0.6 is 0 Å². The van der Waals surface area contributed by atoms with E-state index in [1.54, 1.807) is 36.5 Å². The minimum absolute atomic E-state index is 0.0787. The van der Waals surface area contributed by atoms with E-state index in [1.807, 2.05) is 0 Å². The van der Waals surface area contributed by atoms with Crippen molar-refractivity contribution < 1.29 is 22.8 Å². The third kappa shape index (κ3) is 4.56. The summed E-state index contributed by atoms with van der Waals surface area (Å²) in [5, 5.41) is 11.2. The minimum atomic E-state index is -4.10. The summed E-state index contributed by atoms with van der Waals surface area (Å²) in [7, 11) is -1.12. The summed E-state index contributed by atoms with van der Waals surface area (Å²) in [5.74, 6) is 1.01. The van der Waals surface area contributed by atoms with E-state index in [9.17, 15) is 18.5 Å². The number of rotatable bonds is 8. The number of nitrogens with zero attached hydrogens (tertiary/aromatic N) is 2. The third-order valence-electron chi connectivity index (χ3n) is 4.38. The Morgan fingerprint density at radius 3 is 2.53 bits per heavy atom. The predicted octanol–water partition coefficient (Wildman–Crippen LogP) is 3.15. The van der Waals surface area contributed by atoms with E-state index >= 15 is 0 Å². The molecule has 1 aromatic heterocycles. The maximum Gasteiger partial charge on any atom is 0.270 e. The van der Waals surface area contributed by atoms with Crippen molar-refractivity contribution in [2.45, 2.75) is 11.4 Å². The monoisotopic (exact) mass is 429 g/mol. The van der Waals surface area contributed by atoms with E-state index in [0.717, 1.165) is 6.07 Å². The molecular weight excluding hydrogens is 410 g/mol. The number of benzene rings is 2. The molecule has 9 nitrogen and oxygen atoms in total. The maximum absolute atomic E-state index is 13.1. The summed E-state index contributed by atoms with van der Waals surface area (Å²) in [6, 6.07) is 12.0. The second kappa shape index (κ2) is 8.89. The van der Waals surface area contributed by atoms with Crippen LogP contribution in [0.1, 0.15) is 5.56 Å². The van der Waals surface area contributed by atoms with Gasteiger partial charge in [0.2, 0.25) is 10.0 Å². The minimum Gasteiger partial charge on any atom is -0.497 e. The topological polar surface area (TPSA) is 121 Å². The fourth-order valence-electron chi connectivity index (χ4n) is 2.86. The Bertz CT molecular complexity index is 1170. The van der Waals surface area contributed by atoms with Crippen molar-refractivity contribution in [1.29, 1.82) is 0 Å². The van der Waals surface area contributed by atoms with Crippen molar-refractivity contribution in [3.8, 4) is 22.6 Å². The van der Waals surface area contributed by atoms with Crippen LogP contribution in [0.15, 0.2) is 65.8 Å². The number of pyridine rings is 1. The number of ether oxygens (including phenoxy) is 2. The van der Waals surface area contributed by atoms with Crippen LogP contribution in [0.3, 0.4) is 0 Å². The number of sulfonamides is 1. The van der Waals surface area contributed by atoms with Gasteiger partial charge in [-0.15, -0.1) is 0 Å². The zero-order valence-electron chi connectivity index (χ0n) is 16.2. The first-order valence-electron chi connectivity index (χ1n) is 8.75. The molecule has 0 spiro atoms. The number of non-ortho nitro benzene ring substituents is 1. The van der Waals surface area contributed by atoms with Crippen molar-refractivity contribution in [2.24, 2.45) is 0 Å². The summed E-state index contributed by atoms with van der Waals surface area (Å²) in [6.45, 7) is -0.0787. The molecule has 0 aliphatic carbocycles. The van der Waals surface area contributed by atoms with Crippen LogP contribution in [-0.4, -0.2) is 32.5 Å². The molecular formula is C20H19N3O6S. The van der Waals surface area contributed by atoms with Crippen LogP contribution in [0.25, 0.3) is 11.1 Å². The highest BCUT2D eigenvalue weighted by Crippen LogP contribution is 2.31. The molecule has 3 rings (SSSR count). The first-order valence-corrected chi connectivity index (χ1v) is 10.2. The molecule has 0 radical (unpaired) electrons. The van der Waals surface area contributed by atoms with Crippen LogP contribution in [0.2, 0.25) is 0 Å². The Hall–Kier alpha value is -3.50. The molecule has 3 aromatic rings. The average Bonchev–Trinajstić information content (AvgIpc) is 2.77. The molecule has 1 heterocycles. The van der Waals surface area contributed by atoms with Gasteiger partial charge in [0.1, 0.15) is 11.5 Å². The number of methoxy groups -OCH3 is 2. The van der Waals surface area contributed by atoms with Crippen LogP contribution in [-0.2, 0) is 16.6 Å². The standard InChI is InChI=1S/C20H19N3O6S/c1-28-17-7-5-15(19(11-17)29-2)13-22-30(26,27)20-10-16(23(24)25)6-8-18(20)14-4-3-9-21-12-14/h3-12,22H,13H2,1-2H3. The molecule has 0 atom stereocenters. The van der Waals surface area contributed by atoms with Crippen LogP contribution in [0.4, 0.5) is 5.69 Å². The van der Waals surface area contributed by atoms with Gasteiger partial charge < -0.3 is 9.47 Å². The van der Waals surface area contributed by atoms with Gasteiger partial charge in [-0.1, -0.05) is 12.1 Å². The molecule has 2 aromatic carbocycles. The van der Waals surface area contributed by atoms with E-state index < -0.39 is 14.9 Å². The van der Waals surface area contributed by atoms with Gasteiger partial charge in [-0.3, -0.25) is 15.1 Å². The van der Waals surface area contributed by atoms with Crippen LogP contribution < -0.4 is 14.2 Å². The van der Waals surface area contributed by atoms with E-state index in [0.29, 0.717) is 28.2 Å². The Morgan fingerprint density at radius 1 is 1.10 bits per heavy atom. The number of nitrogens with one attached hydrogen (secondary N) is 1. The maximum atomic E-state index is 13.1. The van der Waals surface area contributed by atoms with Crippen molar-refractivity contribution in [1.82, 2.24) is 9.71 Å². The van der Waals surface area contributed by atoms with Gasteiger partial charge in [-0.25, -0.2) is 13.1 Å². The Labute approximate surface area is 173 Å². The lowest BCUT2D eigenvalue weighted by molar-refractivity contribution is -0.385. The quantitative estimate of drug-likeness (QED) is 0.431. The third-order valence-corrected chi connectivity index (χ3v) is 5.83. The second-order valence-electron chi connectivity index (χ2n) is 6.18. The molecule has 30 heavy (non-hydrogen) atoms. The first-order chi connectivity index (χ1) is 14.4. The molecule has 0 aliphatic rings. The molecule has 156 valence electrons. The number of nitro benzene ring substituents is 1. The SMILES string of the molecule is COc1ccc(CNS(=O)(=O)c2cc([N+](=O)[O-])ccc2-c2cccnc2)c(OC)c1. The average molecular weight is 429 g/mol. The normalized spacial score (nSPS) is 11.1. The second-order valence-corrected chi connectivity index (χ2v) is 7.92. The molecule has 10 heteroatoms. The van der Waals surface area contributed by atoms with Crippen molar-refractivity contribution in [3.63, 3.8) is 0 Å². The highest BCUT2D eigenvalue weighted by atomic mass is 32.2. The highest BCUT2D eigenvalue weighted by Gasteiger charge is 2.23. The molecule has 0 amide bonds. The fraction of sp³-hybridized carbons (Fsp3) is 0.150. The van der Waals surface area contributed by atoms with E-state index in [-0.39, 0.29) is 17.1 Å². The molecule has 1 N–H and O–H groups in total. The van der Waals surface area contributed by atoms with Crippen molar-refractivity contribution in [2.75, 3.05) is 14.2 Å². The molecule has 0 unspecified atom stereocenters. The Kier molecular flexibility index (Phi) is 6.28. The largest absolute Gasteiger partial charge is 0.497 e. The van der Waals surface area contributed by atoms with Gasteiger partial charge in [-0.2, -0.15) is 0 Å². The van der Waals surface area contributed by atoms with Crippen molar-refractivity contribution in [3.05, 3.63) is 76.6 Å². The summed E-state index contributed by atoms with van der Waals surface area (Å²) in [6.07, 6.45) is 3.05. The zero-order valence-corrected chi connectivity index (χ0v) is 17.0. The van der Waals surface area contributed by atoms with Gasteiger partial charge in [0.15, 0.2) is 0 Å². The Morgan fingerprint density at radius 2 is 1.90 bits per heavy atom. The lowest BCUT2D eigenvalue weighted by Gasteiger charge is -2.14. The van der Waals surface area contributed by atoms with Gasteiger partial charge in [0, 0.05) is 53.8 Å². The summed E-state index contributed by atoms with van der Waals surface area (Å²) < 4.78 is 39.1. The van der Waals surface area contributed by atoms with Gasteiger partial charge >= 0.3 is 0 Å². The van der Waals surface area contributed by atoms with Gasteiger partial charge in [0.25, 0.3) is 5.69 Å². The fourth-order valence-corrected chi connectivity index (χ4v) is 4.11. The van der Waals surface area contributed by atoms with Crippen LogP contribution in [0.5, 0.6) is 11.5 Å². The number of hydrogen-bond acceptors (Lipinski definition) is 7.